The topological polar surface area (TPSA) is 38.3 Å². The highest BCUT2D eigenvalue weighted by atomic mass is 79.9. The molecule has 1 amide bonds. The minimum Gasteiger partial charge on any atom is -0.481 e. The summed E-state index contributed by atoms with van der Waals surface area (Å²) in [6.45, 7) is 3.94. The summed E-state index contributed by atoms with van der Waals surface area (Å²) in [5.41, 5.74) is 1.90. The van der Waals surface area contributed by atoms with Gasteiger partial charge in [-0.1, -0.05) is 36.8 Å². The fourth-order valence-electron chi connectivity index (χ4n) is 1.88. The van der Waals surface area contributed by atoms with E-state index < -0.39 is 6.10 Å². The van der Waals surface area contributed by atoms with E-state index in [1.54, 1.807) is 0 Å². The Bertz CT molecular complexity index is 610. The average Bonchev–Trinajstić information content (AvgIpc) is 2.49. The number of carbonyl (C=O) groups excluding carboxylic acids is 1. The van der Waals surface area contributed by atoms with Gasteiger partial charge in [0, 0.05) is 4.47 Å². The van der Waals surface area contributed by atoms with E-state index in [0.29, 0.717) is 12.2 Å². The van der Waals surface area contributed by atoms with Crippen LogP contribution in [0.2, 0.25) is 0 Å². The average molecular weight is 348 g/mol. The van der Waals surface area contributed by atoms with E-state index in [9.17, 15) is 4.79 Å². The highest BCUT2D eigenvalue weighted by Gasteiger charge is 2.19. The number of carbonyl (C=O) groups is 1. The highest BCUT2D eigenvalue weighted by molar-refractivity contribution is 9.10. The van der Waals surface area contributed by atoms with Crippen LogP contribution in [-0.4, -0.2) is 12.0 Å². The molecular weight excluding hydrogens is 330 g/mol. The summed E-state index contributed by atoms with van der Waals surface area (Å²) in [6, 6.07) is 15.2. The third-order valence-corrected chi connectivity index (χ3v) is 3.79. The van der Waals surface area contributed by atoms with Crippen LogP contribution in [0.3, 0.4) is 0 Å². The Morgan fingerprint density at radius 3 is 2.48 bits per heavy atom. The lowest BCUT2D eigenvalue weighted by Crippen LogP contribution is -2.32. The smallest absolute Gasteiger partial charge is 0.265 e. The molecule has 0 aromatic heterocycles. The number of para-hydroxylation sites is 1. The van der Waals surface area contributed by atoms with E-state index in [2.05, 4.69) is 21.2 Å². The predicted octanol–water partition coefficient (Wildman–Crippen LogP) is 4.55. The molecule has 0 spiro atoms. The molecule has 1 N–H and O–H groups in total. The number of aryl methyl sites for hydroxylation is 1. The van der Waals surface area contributed by atoms with E-state index >= 15 is 0 Å². The van der Waals surface area contributed by atoms with Crippen molar-refractivity contribution < 1.29 is 9.53 Å². The van der Waals surface area contributed by atoms with Crippen LogP contribution in [-0.2, 0) is 4.79 Å². The van der Waals surface area contributed by atoms with Gasteiger partial charge in [-0.15, -0.1) is 0 Å². The van der Waals surface area contributed by atoms with Crippen molar-refractivity contribution in [3.05, 3.63) is 58.6 Å². The summed E-state index contributed by atoms with van der Waals surface area (Å²) >= 11 is 3.42. The number of amides is 1. The molecule has 0 radical (unpaired) electrons. The maximum atomic E-state index is 12.3. The fourth-order valence-corrected chi connectivity index (χ4v) is 2.26. The van der Waals surface area contributed by atoms with Gasteiger partial charge < -0.3 is 10.1 Å². The zero-order valence-electron chi connectivity index (χ0n) is 12.1. The van der Waals surface area contributed by atoms with E-state index in [4.69, 9.17) is 4.74 Å². The molecule has 4 heteroatoms. The Labute approximate surface area is 133 Å². The molecule has 3 nitrogen and oxygen atoms in total. The van der Waals surface area contributed by atoms with Gasteiger partial charge in [0.2, 0.25) is 0 Å². The lowest BCUT2D eigenvalue weighted by atomic mass is 10.2. The van der Waals surface area contributed by atoms with Crippen LogP contribution in [0.5, 0.6) is 5.75 Å². The highest BCUT2D eigenvalue weighted by Crippen LogP contribution is 2.22. The molecule has 2 rings (SSSR count). The number of rotatable bonds is 5. The first kappa shape index (κ1) is 15.6. The van der Waals surface area contributed by atoms with Crippen molar-refractivity contribution in [1.29, 1.82) is 0 Å². The number of anilines is 1. The molecule has 21 heavy (non-hydrogen) atoms. The molecule has 0 fully saturated rings. The molecule has 0 bridgehead atoms. The van der Waals surface area contributed by atoms with E-state index in [-0.39, 0.29) is 5.91 Å². The van der Waals surface area contributed by atoms with Crippen molar-refractivity contribution in [1.82, 2.24) is 0 Å². The molecule has 0 unspecified atom stereocenters. The minimum atomic E-state index is -0.514. The normalized spacial score (nSPS) is 11.8. The zero-order chi connectivity index (χ0) is 15.2. The first-order chi connectivity index (χ1) is 10.1. The maximum absolute atomic E-state index is 12.3. The first-order valence-electron chi connectivity index (χ1n) is 6.89. The van der Waals surface area contributed by atoms with Crippen molar-refractivity contribution in [3.8, 4) is 5.75 Å². The second-order valence-corrected chi connectivity index (χ2v) is 5.65. The fraction of sp³-hybridized carbons (Fsp3) is 0.235. The number of hydrogen-bond donors (Lipinski definition) is 1. The SMILES string of the molecule is CC[C@@H](Oc1ccc(C)cc1)C(=O)Nc1ccccc1Br. The standard InChI is InChI=1S/C17H18BrNO2/c1-3-16(21-13-10-8-12(2)9-11-13)17(20)19-15-7-5-4-6-14(15)18/h4-11,16H,3H2,1-2H3,(H,19,20)/t16-/m1/s1. The van der Waals surface area contributed by atoms with Gasteiger partial charge >= 0.3 is 0 Å². The Balaban J connectivity index is 2.05. The van der Waals surface area contributed by atoms with Gasteiger partial charge in [0.1, 0.15) is 5.75 Å². The van der Waals surface area contributed by atoms with E-state index in [0.717, 1.165) is 15.7 Å². The number of ether oxygens (including phenoxy) is 1. The van der Waals surface area contributed by atoms with Crippen LogP contribution in [0, 0.1) is 6.92 Å². The molecule has 0 heterocycles. The molecule has 0 aliphatic carbocycles. The summed E-state index contributed by atoms with van der Waals surface area (Å²) in [4.78, 5) is 12.3. The zero-order valence-corrected chi connectivity index (χ0v) is 13.7. The maximum Gasteiger partial charge on any atom is 0.265 e. The number of nitrogens with one attached hydrogen (secondary N) is 1. The van der Waals surface area contributed by atoms with Crippen LogP contribution < -0.4 is 10.1 Å². The lowest BCUT2D eigenvalue weighted by Gasteiger charge is -2.18. The summed E-state index contributed by atoms with van der Waals surface area (Å²) in [7, 11) is 0. The Morgan fingerprint density at radius 2 is 1.86 bits per heavy atom. The van der Waals surface area contributed by atoms with Gasteiger partial charge in [0.25, 0.3) is 5.91 Å². The largest absolute Gasteiger partial charge is 0.481 e. The molecule has 0 saturated carbocycles. The molecule has 2 aromatic carbocycles. The molecule has 110 valence electrons. The van der Waals surface area contributed by atoms with Crippen molar-refractivity contribution in [2.24, 2.45) is 0 Å². The van der Waals surface area contributed by atoms with Gasteiger partial charge in [-0.2, -0.15) is 0 Å². The van der Waals surface area contributed by atoms with Gasteiger partial charge in [0.05, 0.1) is 5.69 Å². The summed E-state index contributed by atoms with van der Waals surface area (Å²) in [6.07, 6.45) is 0.0873. The summed E-state index contributed by atoms with van der Waals surface area (Å²) in [5, 5.41) is 2.88. The first-order valence-corrected chi connectivity index (χ1v) is 7.68. The van der Waals surface area contributed by atoms with Crippen molar-refractivity contribution in [3.63, 3.8) is 0 Å². The molecule has 2 aromatic rings. The Hall–Kier alpha value is -1.81. The van der Waals surface area contributed by atoms with E-state index in [1.165, 1.54) is 0 Å². The monoisotopic (exact) mass is 347 g/mol. The van der Waals surface area contributed by atoms with Crippen LogP contribution in [0.1, 0.15) is 18.9 Å². The number of benzene rings is 2. The summed E-state index contributed by atoms with van der Waals surface area (Å²) in [5.74, 6) is 0.555. The quantitative estimate of drug-likeness (QED) is 0.861. The second-order valence-electron chi connectivity index (χ2n) is 4.80. The molecule has 0 aliphatic heterocycles. The van der Waals surface area contributed by atoms with E-state index in [1.807, 2.05) is 62.4 Å². The lowest BCUT2D eigenvalue weighted by molar-refractivity contribution is -0.122. The molecule has 0 saturated heterocycles. The van der Waals surface area contributed by atoms with Gasteiger partial charge in [-0.25, -0.2) is 0 Å². The molecule has 1 atom stereocenters. The minimum absolute atomic E-state index is 0.148. The van der Waals surface area contributed by atoms with Gasteiger partial charge in [-0.3, -0.25) is 4.79 Å². The van der Waals surface area contributed by atoms with Crippen LogP contribution in [0.25, 0.3) is 0 Å². The predicted molar refractivity (Wildman–Crippen MR) is 88.7 cm³/mol. The third kappa shape index (κ3) is 4.33. The van der Waals surface area contributed by atoms with Crippen LogP contribution >= 0.6 is 15.9 Å². The third-order valence-electron chi connectivity index (χ3n) is 3.09. The van der Waals surface area contributed by atoms with Crippen molar-refractivity contribution >= 4 is 27.5 Å². The van der Waals surface area contributed by atoms with Crippen LogP contribution in [0.15, 0.2) is 53.0 Å². The molecule has 0 aliphatic rings. The second kappa shape index (κ2) is 7.27. The Morgan fingerprint density at radius 1 is 1.19 bits per heavy atom. The number of halogens is 1. The van der Waals surface area contributed by atoms with Gasteiger partial charge in [-0.05, 0) is 53.5 Å². The van der Waals surface area contributed by atoms with Crippen molar-refractivity contribution in [2.45, 2.75) is 26.4 Å². The van der Waals surface area contributed by atoms with Gasteiger partial charge in [0.15, 0.2) is 6.10 Å². The molecular formula is C17H18BrNO2. The number of hydrogen-bond acceptors (Lipinski definition) is 2. The van der Waals surface area contributed by atoms with Crippen LogP contribution in [0.4, 0.5) is 5.69 Å². The summed E-state index contributed by atoms with van der Waals surface area (Å²) < 4.78 is 6.62. The van der Waals surface area contributed by atoms with Crippen molar-refractivity contribution in [2.75, 3.05) is 5.32 Å². The Kier molecular flexibility index (Phi) is 5.39.